The number of carbonyl (C=O) groups excluding carboxylic acids is 1. The van der Waals surface area contributed by atoms with Crippen LogP contribution >= 0.6 is 11.6 Å². The molecular formula is C17H18ClFN2O. The zero-order chi connectivity index (χ0) is 16.1. The lowest BCUT2D eigenvalue weighted by Gasteiger charge is -2.24. The topological polar surface area (TPSA) is 32.3 Å². The van der Waals surface area contributed by atoms with Crippen LogP contribution in [0.3, 0.4) is 0 Å². The highest BCUT2D eigenvalue weighted by Crippen LogP contribution is 2.15. The van der Waals surface area contributed by atoms with Gasteiger partial charge in [-0.15, -0.1) is 0 Å². The molecule has 2 aromatic carbocycles. The summed E-state index contributed by atoms with van der Waals surface area (Å²) in [5.41, 5.74) is 1.25. The molecule has 0 radical (unpaired) electrons. The van der Waals surface area contributed by atoms with Crippen LogP contribution in [-0.2, 0) is 11.3 Å². The number of halogens is 2. The number of amides is 1. The van der Waals surface area contributed by atoms with E-state index in [9.17, 15) is 9.18 Å². The van der Waals surface area contributed by atoms with Crippen molar-refractivity contribution in [1.29, 1.82) is 0 Å². The minimum Gasteiger partial charge on any atom is -0.322 e. The van der Waals surface area contributed by atoms with Gasteiger partial charge in [-0.1, -0.05) is 35.9 Å². The number of nitrogens with zero attached hydrogens (tertiary/aromatic N) is 1. The molecule has 0 aromatic heterocycles. The molecule has 1 N–H and O–H groups in total. The quantitative estimate of drug-likeness (QED) is 0.905. The highest BCUT2D eigenvalue weighted by atomic mass is 35.5. The second-order valence-corrected chi connectivity index (χ2v) is 5.62. The van der Waals surface area contributed by atoms with Crippen LogP contribution in [0.1, 0.15) is 12.5 Å². The summed E-state index contributed by atoms with van der Waals surface area (Å²) in [5, 5.41) is 3.29. The zero-order valence-electron chi connectivity index (χ0n) is 12.5. The van der Waals surface area contributed by atoms with E-state index in [4.69, 9.17) is 11.6 Å². The van der Waals surface area contributed by atoms with Crippen molar-refractivity contribution in [2.24, 2.45) is 0 Å². The summed E-state index contributed by atoms with van der Waals surface area (Å²) >= 11 is 5.85. The Kier molecular flexibility index (Phi) is 5.52. The molecule has 5 heteroatoms. The third-order valence-corrected chi connectivity index (χ3v) is 3.77. The van der Waals surface area contributed by atoms with Crippen molar-refractivity contribution in [2.75, 3.05) is 12.4 Å². The summed E-state index contributed by atoms with van der Waals surface area (Å²) in [7, 11) is 1.85. The number of hydrogen-bond donors (Lipinski definition) is 1. The van der Waals surface area contributed by atoms with Gasteiger partial charge in [-0.3, -0.25) is 9.69 Å². The first-order chi connectivity index (χ1) is 10.5. The molecule has 0 aliphatic carbocycles. The van der Waals surface area contributed by atoms with E-state index in [1.807, 2.05) is 36.2 Å². The van der Waals surface area contributed by atoms with Crippen LogP contribution in [0.25, 0.3) is 0 Å². The Hall–Kier alpha value is -1.91. The Labute approximate surface area is 134 Å². The molecule has 0 unspecified atom stereocenters. The number of rotatable bonds is 5. The molecule has 116 valence electrons. The Morgan fingerprint density at radius 3 is 2.50 bits per heavy atom. The van der Waals surface area contributed by atoms with Gasteiger partial charge in [0, 0.05) is 11.6 Å². The van der Waals surface area contributed by atoms with Gasteiger partial charge in [-0.05, 0) is 43.8 Å². The van der Waals surface area contributed by atoms with Crippen LogP contribution in [0.5, 0.6) is 0 Å². The molecule has 2 rings (SSSR count). The van der Waals surface area contributed by atoms with Gasteiger partial charge in [-0.2, -0.15) is 0 Å². The Balaban J connectivity index is 1.97. The summed E-state index contributed by atoms with van der Waals surface area (Å²) in [6.07, 6.45) is 0. The van der Waals surface area contributed by atoms with Crippen LogP contribution in [0.15, 0.2) is 48.5 Å². The molecule has 22 heavy (non-hydrogen) atoms. The number of nitrogens with one attached hydrogen (secondary N) is 1. The summed E-state index contributed by atoms with van der Waals surface area (Å²) < 4.78 is 13.6. The third kappa shape index (κ3) is 4.29. The van der Waals surface area contributed by atoms with Crippen LogP contribution in [-0.4, -0.2) is 23.9 Å². The molecule has 0 spiro atoms. The fourth-order valence-electron chi connectivity index (χ4n) is 2.01. The second kappa shape index (κ2) is 7.38. The number of benzene rings is 2. The molecule has 0 aliphatic rings. The van der Waals surface area contributed by atoms with Crippen LogP contribution in [0, 0.1) is 5.82 Å². The average molecular weight is 321 g/mol. The molecule has 1 amide bonds. The molecule has 0 aliphatic heterocycles. The van der Waals surface area contributed by atoms with Crippen LogP contribution in [0.2, 0.25) is 5.02 Å². The van der Waals surface area contributed by atoms with Crippen molar-refractivity contribution in [1.82, 2.24) is 4.90 Å². The highest BCUT2D eigenvalue weighted by Gasteiger charge is 2.19. The summed E-state index contributed by atoms with van der Waals surface area (Å²) in [4.78, 5) is 14.1. The van der Waals surface area contributed by atoms with E-state index >= 15 is 0 Å². The van der Waals surface area contributed by atoms with Crippen molar-refractivity contribution in [2.45, 2.75) is 19.5 Å². The van der Waals surface area contributed by atoms with E-state index in [2.05, 4.69) is 5.32 Å². The molecule has 2 aromatic rings. The molecule has 0 saturated carbocycles. The fraction of sp³-hybridized carbons (Fsp3) is 0.235. The lowest BCUT2D eigenvalue weighted by Crippen LogP contribution is -2.39. The normalized spacial score (nSPS) is 12.2. The number of hydrogen-bond acceptors (Lipinski definition) is 2. The third-order valence-electron chi connectivity index (χ3n) is 3.52. The predicted molar refractivity (Wildman–Crippen MR) is 87.4 cm³/mol. The van der Waals surface area contributed by atoms with Gasteiger partial charge < -0.3 is 5.32 Å². The van der Waals surface area contributed by atoms with Crippen LogP contribution < -0.4 is 5.32 Å². The molecule has 0 bridgehead atoms. The number of para-hydroxylation sites is 1. The molecule has 0 heterocycles. The Bertz CT molecular complexity index is 645. The van der Waals surface area contributed by atoms with E-state index in [0.29, 0.717) is 11.6 Å². The van der Waals surface area contributed by atoms with Crippen molar-refractivity contribution in [3.63, 3.8) is 0 Å². The monoisotopic (exact) mass is 320 g/mol. The Morgan fingerprint density at radius 1 is 1.23 bits per heavy atom. The van der Waals surface area contributed by atoms with E-state index in [-0.39, 0.29) is 11.6 Å². The van der Waals surface area contributed by atoms with Crippen molar-refractivity contribution < 1.29 is 9.18 Å². The molecule has 0 saturated heterocycles. The molecule has 3 nitrogen and oxygen atoms in total. The summed E-state index contributed by atoms with van der Waals surface area (Å²) in [5.74, 6) is -0.690. The summed E-state index contributed by atoms with van der Waals surface area (Å²) in [6.45, 7) is 2.38. The van der Waals surface area contributed by atoms with Gasteiger partial charge in [0.15, 0.2) is 0 Å². The molecule has 1 atom stereocenters. The minimum atomic E-state index is -0.441. The first kappa shape index (κ1) is 16.5. The van der Waals surface area contributed by atoms with Crippen molar-refractivity contribution in [3.05, 3.63) is 64.9 Å². The van der Waals surface area contributed by atoms with E-state index in [0.717, 1.165) is 5.56 Å². The average Bonchev–Trinajstić information content (AvgIpc) is 2.51. The van der Waals surface area contributed by atoms with Crippen LogP contribution in [0.4, 0.5) is 10.1 Å². The second-order valence-electron chi connectivity index (χ2n) is 5.19. The number of carbonyl (C=O) groups is 1. The predicted octanol–water partition coefficient (Wildman–Crippen LogP) is 3.94. The SMILES string of the molecule is C[C@H](C(=O)Nc1ccccc1F)N(C)Cc1ccc(Cl)cc1. The van der Waals surface area contributed by atoms with E-state index in [1.165, 1.54) is 6.07 Å². The molecule has 0 fully saturated rings. The fourth-order valence-corrected chi connectivity index (χ4v) is 2.14. The number of anilines is 1. The first-order valence-electron chi connectivity index (χ1n) is 6.97. The first-order valence-corrected chi connectivity index (χ1v) is 7.35. The smallest absolute Gasteiger partial charge is 0.241 e. The number of likely N-dealkylation sites (N-methyl/N-ethyl adjacent to an activating group) is 1. The van der Waals surface area contributed by atoms with Gasteiger partial charge in [-0.25, -0.2) is 4.39 Å². The van der Waals surface area contributed by atoms with Gasteiger partial charge in [0.1, 0.15) is 5.82 Å². The van der Waals surface area contributed by atoms with Crippen molar-refractivity contribution in [3.8, 4) is 0 Å². The lowest BCUT2D eigenvalue weighted by atomic mass is 10.2. The maximum Gasteiger partial charge on any atom is 0.241 e. The van der Waals surface area contributed by atoms with Crippen molar-refractivity contribution >= 4 is 23.2 Å². The highest BCUT2D eigenvalue weighted by molar-refractivity contribution is 6.30. The largest absolute Gasteiger partial charge is 0.322 e. The maximum absolute atomic E-state index is 13.6. The standard InChI is InChI=1S/C17H18ClFN2O/c1-12(17(22)20-16-6-4-3-5-15(16)19)21(2)11-13-7-9-14(18)10-8-13/h3-10,12H,11H2,1-2H3,(H,20,22)/t12-/m1/s1. The summed E-state index contributed by atoms with van der Waals surface area (Å²) in [6, 6.07) is 13.2. The van der Waals surface area contributed by atoms with Gasteiger partial charge in [0.25, 0.3) is 0 Å². The minimum absolute atomic E-state index is 0.194. The van der Waals surface area contributed by atoms with E-state index in [1.54, 1.807) is 25.1 Å². The lowest BCUT2D eigenvalue weighted by molar-refractivity contribution is -0.120. The van der Waals surface area contributed by atoms with E-state index < -0.39 is 11.9 Å². The zero-order valence-corrected chi connectivity index (χ0v) is 13.3. The Morgan fingerprint density at radius 2 is 1.86 bits per heavy atom. The van der Waals surface area contributed by atoms with Gasteiger partial charge in [0.2, 0.25) is 5.91 Å². The molecular weight excluding hydrogens is 303 g/mol. The van der Waals surface area contributed by atoms with Gasteiger partial charge in [0.05, 0.1) is 11.7 Å². The maximum atomic E-state index is 13.6. The van der Waals surface area contributed by atoms with Gasteiger partial charge >= 0.3 is 0 Å².